The van der Waals surface area contributed by atoms with Gasteiger partial charge in [-0.3, -0.25) is 14.5 Å². The number of nitrogens with zero attached hydrogens (tertiary/aromatic N) is 2. The summed E-state index contributed by atoms with van der Waals surface area (Å²) in [4.78, 5) is 29.0. The number of sulfonamides is 1. The van der Waals surface area contributed by atoms with Gasteiger partial charge in [-0.25, -0.2) is 8.42 Å². The molecule has 4 rings (SSSR count). The smallest absolute Gasteiger partial charge is 0.247 e. The van der Waals surface area contributed by atoms with Crippen LogP contribution in [0.25, 0.3) is 0 Å². The van der Waals surface area contributed by atoms with Crippen LogP contribution in [-0.2, 0) is 19.6 Å². The zero-order chi connectivity index (χ0) is 25.4. The summed E-state index contributed by atoms with van der Waals surface area (Å²) in [6.07, 6.45) is 5.04. The molecule has 35 heavy (non-hydrogen) atoms. The maximum absolute atomic E-state index is 13.8. The first-order chi connectivity index (χ1) is 16.5. The van der Waals surface area contributed by atoms with E-state index in [0.717, 1.165) is 53.1 Å². The Labute approximate surface area is 208 Å². The summed E-state index contributed by atoms with van der Waals surface area (Å²) in [5.41, 5.74) is 2.23. The summed E-state index contributed by atoms with van der Waals surface area (Å²) < 4.78 is 28.2. The predicted octanol–water partition coefficient (Wildman–Crippen LogP) is 3.86. The Balaban J connectivity index is 1.73. The molecule has 1 N–H and O–H groups in total. The molecule has 2 amide bonds. The van der Waals surface area contributed by atoms with Crippen LogP contribution in [0.15, 0.2) is 47.4 Å². The Bertz CT molecular complexity index is 1220. The van der Waals surface area contributed by atoms with E-state index in [-0.39, 0.29) is 29.9 Å². The van der Waals surface area contributed by atoms with Gasteiger partial charge in [0.1, 0.15) is 5.54 Å². The Kier molecular flexibility index (Phi) is 7.06. The van der Waals surface area contributed by atoms with Gasteiger partial charge in [-0.15, -0.1) is 0 Å². The van der Waals surface area contributed by atoms with Gasteiger partial charge in [-0.1, -0.05) is 43.0 Å². The molecule has 1 saturated carbocycles. The summed E-state index contributed by atoms with van der Waals surface area (Å²) in [6.45, 7) is 7.06. The molecule has 2 fully saturated rings. The van der Waals surface area contributed by atoms with Gasteiger partial charge in [0, 0.05) is 18.3 Å². The third kappa shape index (κ3) is 5.00. The molecule has 1 unspecified atom stereocenters. The maximum atomic E-state index is 13.8. The fraction of sp³-hybridized carbons (Fsp3) is 0.481. The molecule has 1 aliphatic heterocycles. The number of aryl methyl sites for hydroxylation is 3. The molecule has 0 aromatic heterocycles. The number of rotatable bonds is 5. The second kappa shape index (κ2) is 9.74. The highest BCUT2D eigenvalue weighted by Gasteiger charge is 2.51. The van der Waals surface area contributed by atoms with Crippen LogP contribution in [0.3, 0.4) is 0 Å². The minimum Gasteiger partial charge on any atom is -0.351 e. The number of benzene rings is 2. The molecule has 8 heteroatoms. The van der Waals surface area contributed by atoms with Crippen molar-refractivity contribution >= 4 is 27.5 Å². The number of hydrogen-bond acceptors (Lipinski definition) is 4. The summed E-state index contributed by atoms with van der Waals surface area (Å²) >= 11 is 0. The van der Waals surface area contributed by atoms with Crippen molar-refractivity contribution in [1.29, 1.82) is 0 Å². The van der Waals surface area contributed by atoms with E-state index in [2.05, 4.69) is 5.32 Å². The van der Waals surface area contributed by atoms with Crippen LogP contribution in [-0.4, -0.2) is 49.2 Å². The summed E-state index contributed by atoms with van der Waals surface area (Å²) in [5.74, 6) is -0.740. The standard InChI is InChI=1S/C27H35N3O4S/c1-19-10-14-24(15-11-19)35(33,34)29-17-25(31)30(23-13-12-20(2)21(3)16-23)27(4,18-29)26(32)28-22-8-6-5-7-9-22/h10-16,22H,5-9,17-18H2,1-4H3,(H,28,32). The van der Waals surface area contributed by atoms with E-state index in [4.69, 9.17) is 0 Å². The minimum absolute atomic E-state index is 0.0360. The Morgan fingerprint density at radius 1 is 0.971 bits per heavy atom. The second-order valence-electron chi connectivity index (χ2n) is 10.2. The lowest BCUT2D eigenvalue weighted by Gasteiger charge is -2.47. The molecule has 1 saturated heterocycles. The molecule has 0 spiro atoms. The van der Waals surface area contributed by atoms with Crippen molar-refractivity contribution in [1.82, 2.24) is 9.62 Å². The predicted molar refractivity (Wildman–Crippen MR) is 137 cm³/mol. The number of hydrogen-bond donors (Lipinski definition) is 1. The Morgan fingerprint density at radius 3 is 2.26 bits per heavy atom. The van der Waals surface area contributed by atoms with Crippen LogP contribution in [0.5, 0.6) is 0 Å². The summed E-state index contributed by atoms with van der Waals surface area (Å²) in [6, 6.07) is 12.2. The largest absolute Gasteiger partial charge is 0.351 e. The van der Waals surface area contributed by atoms with Crippen molar-refractivity contribution in [3.63, 3.8) is 0 Å². The molecule has 0 radical (unpaired) electrons. The van der Waals surface area contributed by atoms with Crippen molar-refractivity contribution in [2.75, 3.05) is 18.0 Å². The molecule has 2 aliphatic rings. The SMILES string of the molecule is Cc1ccc(S(=O)(=O)N2CC(=O)N(c3ccc(C)c(C)c3)C(C)(C(=O)NC3CCCCC3)C2)cc1. The van der Waals surface area contributed by atoms with Crippen molar-refractivity contribution in [2.24, 2.45) is 0 Å². The lowest BCUT2D eigenvalue weighted by molar-refractivity contribution is -0.133. The number of anilines is 1. The monoisotopic (exact) mass is 497 g/mol. The van der Waals surface area contributed by atoms with E-state index in [1.165, 1.54) is 4.90 Å². The van der Waals surface area contributed by atoms with Gasteiger partial charge in [-0.05, 0) is 75.9 Å². The average molecular weight is 498 g/mol. The highest BCUT2D eigenvalue weighted by molar-refractivity contribution is 7.89. The molecule has 188 valence electrons. The van der Waals surface area contributed by atoms with Crippen LogP contribution in [0, 0.1) is 20.8 Å². The van der Waals surface area contributed by atoms with E-state index in [1.807, 2.05) is 39.0 Å². The number of piperazine rings is 1. The van der Waals surface area contributed by atoms with Crippen LogP contribution in [0.1, 0.15) is 55.7 Å². The summed E-state index contributed by atoms with van der Waals surface area (Å²) in [5, 5.41) is 3.14. The first-order valence-corrected chi connectivity index (χ1v) is 13.7. The van der Waals surface area contributed by atoms with Crippen LogP contribution in [0.2, 0.25) is 0 Å². The Morgan fingerprint density at radius 2 is 1.63 bits per heavy atom. The zero-order valence-corrected chi connectivity index (χ0v) is 21.8. The van der Waals surface area contributed by atoms with Crippen molar-refractivity contribution in [2.45, 2.75) is 76.3 Å². The molecule has 2 aromatic carbocycles. The van der Waals surface area contributed by atoms with Gasteiger partial charge in [0.15, 0.2) is 0 Å². The van der Waals surface area contributed by atoms with E-state index >= 15 is 0 Å². The molecular formula is C27H35N3O4S. The molecular weight excluding hydrogens is 462 g/mol. The van der Waals surface area contributed by atoms with Crippen LogP contribution >= 0.6 is 0 Å². The average Bonchev–Trinajstić information content (AvgIpc) is 2.82. The molecule has 1 heterocycles. The van der Waals surface area contributed by atoms with Crippen LogP contribution in [0.4, 0.5) is 5.69 Å². The van der Waals surface area contributed by atoms with Gasteiger partial charge >= 0.3 is 0 Å². The first kappa shape index (κ1) is 25.4. The maximum Gasteiger partial charge on any atom is 0.247 e. The Hall–Kier alpha value is -2.71. The first-order valence-electron chi connectivity index (χ1n) is 12.3. The molecule has 2 aromatic rings. The van der Waals surface area contributed by atoms with Gasteiger partial charge in [0.25, 0.3) is 0 Å². The highest BCUT2D eigenvalue weighted by Crippen LogP contribution is 2.33. The minimum atomic E-state index is -3.96. The molecule has 1 aliphatic carbocycles. The molecule has 7 nitrogen and oxygen atoms in total. The number of amides is 2. The number of nitrogens with one attached hydrogen (secondary N) is 1. The van der Waals surface area contributed by atoms with Crippen molar-refractivity contribution < 1.29 is 18.0 Å². The fourth-order valence-electron chi connectivity index (χ4n) is 5.05. The van der Waals surface area contributed by atoms with E-state index in [0.29, 0.717) is 5.69 Å². The van der Waals surface area contributed by atoms with E-state index < -0.39 is 21.5 Å². The number of carbonyl (C=O) groups is 2. The molecule has 1 atom stereocenters. The fourth-order valence-corrected chi connectivity index (χ4v) is 6.53. The van der Waals surface area contributed by atoms with Gasteiger partial charge < -0.3 is 5.32 Å². The van der Waals surface area contributed by atoms with Gasteiger partial charge in [0.2, 0.25) is 21.8 Å². The zero-order valence-electron chi connectivity index (χ0n) is 21.0. The lowest BCUT2D eigenvalue weighted by atomic mass is 9.91. The second-order valence-corrected chi connectivity index (χ2v) is 12.1. The quantitative estimate of drug-likeness (QED) is 0.680. The van der Waals surface area contributed by atoms with Gasteiger partial charge in [0.05, 0.1) is 11.4 Å². The third-order valence-electron chi connectivity index (χ3n) is 7.38. The van der Waals surface area contributed by atoms with Crippen molar-refractivity contribution in [3.8, 4) is 0 Å². The van der Waals surface area contributed by atoms with E-state index in [1.54, 1.807) is 31.2 Å². The highest BCUT2D eigenvalue weighted by atomic mass is 32.2. The third-order valence-corrected chi connectivity index (χ3v) is 9.18. The lowest BCUT2D eigenvalue weighted by Crippen LogP contribution is -2.70. The summed E-state index contributed by atoms with van der Waals surface area (Å²) in [7, 11) is -3.96. The molecule has 0 bridgehead atoms. The van der Waals surface area contributed by atoms with E-state index in [9.17, 15) is 18.0 Å². The normalized spacial score (nSPS) is 22.3. The topological polar surface area (TPSA) is 86.8 Å². The van der Waals surface area contributed by atoms with Gasteiger partial charge in [-0.2, -0.15) is 4.31 Å². The van der Waals surface area contributed by atoms with Crippen molar-refractivity contribution in [3.05, 3.63) is 59.2 Å². The van der Waals surface area contributed by atoms with Crippen LogP contribution < -0.4 is 10.2 Å². The number of carbonyl (C=O) groups excluding carboxylic acids is 2.